The van der Waals surface area contributed by atoms with Gasteiger partial charge in [-0.15, -0.1) is 0 Å². The molecule has 2 atom stereocenters. The lowest BCUT2D eigenvalue weighted by molar-refractivity contribution is -0.143. The summed E-state index contributed by atoms with van der Waals surface area (Å²) in [6.07, 6.45) is 1.39. The van der Waals surface area contributed by atoms with Crippen LogP contribution in [0.4, 0.5) is 4.79 Å². The highest BCUT2D eigenvalue weighted by Crippen LogP contribution is 2.20. The number of nitrogens with one attached hydrogen (secondary N) is 2. The van der Waals surface area contributed by atoms with E-state index in [1.54, 1.807) is 16.8 Å². The second-order valence-electron chi connectivity index (χ2n) is 6.93. The van der Waals surface area contributed by atoms with Gasteiger partial charge in [-0.25, -0.2) is 4.79 Å². The number of hydrogen-bond acceptors (Lipinski definition) is 4. The number of hydrogen-bond donors (Lipinski definition) is 2. The zero-order chi connectivity index (χ0) is 19.4. The van der Waals surface area contributed by atoms with E-state index in [9.17, 15) is 14.4 Å². The maximum Gasteiger partial charge on any atom is 0.317 e. The first kappa shape index (κ1) is 19.0. The van der Waals surface area contributed by atoms with E-state index in [4.69, 9.17) is 4.74 Å². The monoisotopic (exact) mass is 374 g/mol. The third-order valence-electron chi connectivity index (χ3n) is 5.01. The Morgan fingerprint density at radius 3 is 2.96 bits per heavy atom. The normalized spacial score (nSPS) is 21.5. The molecular formula is C19H26N4O4. The molecule has 0 saturated carbocycles. The van der Waals surface area contributed by atoms with E-state index in [1.807, 2.05) is 24.3 Å². The summed E-state index contributed by atoms with van der Waals surface area (Å²) in [7, 11) is 1.70. The first-order chi connectivity index (χ1) is 13.0. The van der Waals surface area contributed by atoms with E-state index >= 15 is 0 Å². The van der Waals surface area contributed by atoms with E-state index in [0.29, 0.717) is 26.1 Å². The summed E-state index contributed by atoms with van der Waals surface area (Å²) in [5.41, 5.74) is 1.20. The molecule has 0 aromatic heterocycles. The fourth-order valence-corrected chi connectivity index (χ4v) is 3.39. The molecule has 1 aromatic carbocycles. The molecule has 2 saturated heterocycles. The molecule has 0 aliphatic carbocycles. The number of piperazine rings is 1. The Balaban J connectivity index is 1.44. The van der Waals surface area contributed by atoms with Crippen molar-refractivity contribution in [3.05, 3.63) is 29.8 Å². The molecule has 2 heterocycles. The SMILES string of the molecule is CCc1cccc(OCCN(C)C(=O)NC2CC3C(=O)NCC(=O)N3C2)c1. The van der Waals surface area contributed by atoms with Crippen LogP contribution in [0, 0.1) is 0 Å². The van der Waals surface area contributed by atoms with Crippen molar-refractivity contribution in [2.45, 2.75) is 31.8 Å². The maximum absolute atomic E-state index is 12.4. The van der Waals surface area contributed by atoms with Crippen molar-refractivity contribution < 1.29 is 19.1 Å². The van der Waals surface area contributed by atoms with Crippen molar-refractivity contribution in [3.63, 3.8) is 0 Å². The van der Waals surface area contributed by atoms with Gasteiger partial charge in [0.05, 0.1) is 19.1 Å². The fraction of sp³-hybridized carbons (Fsp3) is 0.526. The van der Waals surface area contributed by atoms with Gasteiger partial charge in [0.1, 0.15) is 18.4 Å². The van der Waals surface area contributed by atoms with Crippen LogP contribution in [0.25, 0.3) is 0 Å². The number of carbonyl (C=O) groups is 3. The van der Waals surface area contributed by atoms with Gasteiger partial charge in [-0.3, -0.25) is 9.59 Å². The number of ether oxygens (including phenoxy) is 1. The predicted molar refractivity (Wildman–Crippen MR) is 99.4 cm³/mol. The molecule has 2 fully saturated rings. The number of carbonyl (C=O) groups excluding carboxylic acids is 3. The number of urea groups is 1. The molecule has 1 aromatic rings. The molecule has 3 rings (SSSR count). The van der Waals surface area contributed by atoms with Gasteiger partial charge in [0.25, 0.3) is 0 Å². The first-order valence-corrected chi connectivity index (χ1v) is 9.28. The van der Waals surface area contributed by atoms with Crippen molar-refractivity contribution in [2.24, 2.45) is 0 Å². The molecule has 0 bridgehead atoms. The Kier molecular flexibility index (Phi) is 5.83. The summed E-state index contributed by atoms with van der Waals surface area (Å²) in [6.45, 7) is 3.31. The van der Waals surface area contributed by atoms with Gasteiger partial charge in [-0.1, -0.05) is 19.1 Å². The van der Waals surface area contributed by atoms with Crippen molar-refractivity contribution >= 4 is 17.8 Å². The molecule has 8 heteroatoms. The zero-order valence-electron chi connectivity index (χ0n) is 15.7. The number of likely N-dealkylation sites (N-methyl/N-ethyl adjacent to an activating group) is 1. The highest BCUT2D eigenvalue weighted by Gasteiger charge is 2.42. The van der Waals surface area contributed by atoms with Gasteiger partial charge in [0.15, 0.2) is 0 Å². The van der Waals surface area contributed by atoms with Crippen LogP contribution in [-0.2, 0) is 16.0 Å². The van der Waals surface area contributed by atoms with Gasteiger partial charge in [-0.2, -0.15) is 0 Å². The van der Waals surface area contributed by atoms with E-state index in [0.717, 1.165) is 12.2 Å². The summed E-state index contributed by atoms with van der Waals surface area (Å²) < 4.78 is 5.72. The van der Waals surface area contributed by atoms with Crippen LogP contribution in [-0.4, -0.2) is 73.0 Å². The number of aryl methyl sites for hydroxylation is 1. The van der Waals surface area contributed by atoms with Crippen molar-refractivity contribution in [1.82, 2.24) is 20.4 Å². The number of nitrogens with zero attached hydrogens (tertiary/aromatic N) is 2. The van der Waals surface area contributed by atoms with Crippen molar-refractivity contribution in [1.29, 1.82) is 0 Å². The van der Waals surface area contributed by atoms with Crippen LogP contribution in [0.2, 0.25) is 0 Å². The fourth-order valence-electron chi connectivity index (χ4n) is 3.39. The number of benzene rings is 1. The molecule has 2 aliphatic rings. The highest BCUT2D eigenvalue weighted by atomic mass is 16.5. The second-order valence-corrected chi connectivity index (χ2v) is 6.93. The number of rotatable bonds is 6. The summed E-state index contributed by atoms with van der Waals surface area (Å²) in [5.74, 6) is 0.537. The maximum atomic E-state index is 12.4. The molecule has 146 valence electrons. The Labute approximate surface area is 158 Å². The average molecular weight is 374 g/mol. The van der Waals surface area contributed by atoms with Crippen LogP contribution in [0.3, 0.4) is 0 Å². The summed E-state index contributed by atoms with van der Waals surface area (Å²) in [5, 5.41) is 5.48. The van der Waals surface area contributed by atoms with Crippen LogP contribution in [0.5, 0.6) is 5.75 Å². The topological polar surface area (TPSA) is 91.0 Å². The number of amides is 4. The minimum absolute atomic E-state index is 0.0342. The van der Waals surface area contributed by atoms with Gasteiger partial charge >= 0.3 is 6.03 Å². The molecule has 2 unspecified atom stereocenters. The number of fused-ring (bicyclic) bond motifs is 1. The predicted octanol–water partition coefficient (Wildman–Crippen LogP) is 0.369. The quantitative estimate of drug-likeness (QED) is 0.753. The Morgan fingerprint density at radius 1 is 1.41 bits per heavy atom. The average Bonchev–Trinajstić information content (AvgIpc) is 3.10. The second kappa shape index (κ2) is 8.28. The molecule has 0 radical (unpaired) electrons. The summed E-state index contributed by atoms with van der Waals surface area (Å²) in [6, 6.07) is 6.96. The Hall–Kier alpha value is -2.77. The van der Waals surface area contributed by atoms with Gasteiger partial charge < -0.3 is 25.2 Å². The van der Waals surface area contributed by atoms with E-state index in [-0.39, 0.29) is 30.4 Å². The highest BCUT2D eigenvalue weighted by molar-refractivity contribution is 5.95. The Bertz CT molecular complexity index is 699. The van der Waals surface area contributed by atoms with Gasteiger partial charge in [0, 0.05) is 13.6 Å². The van der Waals surface area contributed by atoms with Crippen molar-refractivity contribution in [2.75, 3.05) is 33.3 Å². The van der Waals surface area contributed by atoms with Crippen LogP contribution >= 0.6 is 0 Å². The molecule has 0 spiro atoms. The van der Waals surface area contributed by atoms with Gasteiger partial charge in [0.2, 0.25) is 11.8 Å². The molecule has 4 amide bonds. The lowest BCUT2D eigenvalue weighted by Gasteiger charge is -2.28. The smallest absolute Gasteiger partial charge is 0.317 e. The lowest BCUT2D eigenvalue weighted by atomic mass is 10.1. The Morgan fingerprint density at radius 2 is 2.22 bits per heavy atom. The van der Waals surface area contributed by atoms with Crippen LogP contribution < -0.4 is 15.4 Å². The molecule has 2 aliphatic heterocycles. The zero-order valence-corrected chi connectivity index (χ0v) is 15.7. The standard InChI is InChI=1S/C19H26N4O4/c1-3-13-5-4-6-15(9-13)27-8-7-22(2)19(26)21-14-10-16-18(25)20-11-17(24)23(16)12-14/h4-6,9,14,16H,3,7-8,10-12H2,1-2H3,(H,20,25)(H,21,26). The van der Waals surface area contributed by atoms with Gasteiger partial charge in [-0.05, 0) is 30.5 Å². The van der Waals surface area contributed by atoms with E-state index in [1.165, 1.54) is 5.56 Å². The third kappa shape index (κ3) is 4.50. The summed E-state index contributed by atoms with van der Waals surface area (Å²) in [4.78, 5) is 39.2. The minimum atomic E-state index is -0.476. The molecule has 8 nitrogen and oxygen atoms in total. The summed E-state index contributed by atoms with van der Waals surface area (Å²) >= 11 is 0. The molecule has 27 heavy (non-hydrogen) atoms. The third-order valence-corrected chi connectivity index (χ3v) is 5.01. The van der Waals surface area contributed by atoms with E-state index < -0.39 is 6.04 Å². The first-order valence-electron chi connectivity index (χ1n) is 9.28. The minimum Gasteiger partial charge on any atom is -0.492 e. The largest absolute Gasteiger partial charge is 0.492 e. The van der Waals surface area contributed by atoms with E-state index in [2.05, 4.69) is 17.6 Å². The molecule has 2 N–H and O–H groups in total. The molecular weight excluding hydrogens is 348 g/mol. The van der Waals surface area contributed by atoms with Crippen molar-refractivity contribution in [3.8, 4) is 5.75 Å². The van der Waals surface area contributed by atoms with Crippen LogP contribution in [0.1, 0.15) is 18.9 Å². The van der Waals surface area contributed by atoms with Crippen LogP contribution in [0.15, 0.2) is 24.3 Å². The lowest BCUT2D eigenvalue weighted by Crippen LogP contribution is -2.55.